The van der Waals surface area contributed by atoms with Gasteiger partial charge in [0.2, 0.25) is 0 Å². The SMILES string of the molecule is CC(C)(C)OC(=O)N1C2C=C(c3ccccc3-c3ccccc3)CC1CCC2. The molecule has 0 spiro atoms. The zero-order valence-corrected chi connectivity index (χ0v) is 17.0. The minimum Gasteiger partial charge on any atom is -0.444 e. The van der Waals surface area contributed by atoms with Crippen molar-refractivity contribution in [2.24, 2.45) is 0 Å². The molecule has 1 saturated heterocycles. The molecule has 0 radical (unpaired) electrons. The van der Waals surface area contributed by atoms with E-state index in [2.05, 4.69) is 60.7 Å². The number of nitrogens with zero attached hydrogens (tertiary/aromatic N) is 1. The zero-order valence-electron chi connectivity index (χ0n) is 17.0. The molecule has 2 heterocycles. The number of ether oxygens (including phenoxy) is 1. The first-order valence-electron chi connectivity index (χ1n) is 10.3. The molecule has 0 aromatic heterocycles. The Kier molecular flexibility index (Phi) is 5.01. The molecule has 28 heavy (non-hydrogen) atoms. The number of carbonyl (C=O) groups excluding carboxylic acids is 1. The van der Waals surface area contributed by atoms with Gasteiger partial charge in [-0.15, -0.1) is 0 Å². The number of amides is 1. The van der Waals surface area contributed by atoms with E-state index in [0.29, 0.717) is 0 Å². The lowest BCUT2D eigenvalue weighted by molar-refractivity contribution is 0.0000888. The van der Waals surface area contributed by atoms with Crippen molar-refractivity contribution in [3.63, 3.8) is 0 Å². The van der Waals surface area contributed by atoms with Crippen molar-refractivity contribution < 1.29 is 9.53 Å². The van der Waals surface area contributed by atoms with Crippen LogP contribution in [0.4, 0.5) is 4.79 Å². The summed E-state index contributed by atoms with van der Waals surface area (Å²) in [5.41, 5.74) is 4.68. The molecule has 3 nitrogen and oxygen atoms in total. The fourth-order valence-electron chi connectivity index (χ4n) is 4.46. The molecule has 146 valence electrons. The third-order valence-electron chi connectivity index (χ3n) is 5.60. The number of carbonyl (C=O) groups is 1. The number of hydrogen-bond donors (Lipinski definition) is 0. The average molecular weight is 376 g/mol. The predicted molar refractivity (Wildman–Crippen MR) is 114 cm³/mol. The molecule has 0 aliphatic carbocycles. The number of rotatable bonds is 2. The van der Waals surface area contributed by atoms with Crippen LogP contribution >= 0.6 is 0 Å². The van der Waals surface area contributed by atoms with Crippen molar-refractivity contribution in [2.45, 2.75) is 64.1 Å². The van der Waals surface area contributed by atoms with Crippen molar-refractivity contribution in [1.82, 2.24) is 4.90 Å². The summed E-state index contributed by atoms with van der Waals surface area (Å²) in [4.78, 5) is 14.8. The van der Waals surface area contributed by atoms with Crippen LogP contribution < -0.4 is 0 Å². The maximum Gasteiger partial charge on any atom is 0.411 e. The van der Waals surface area contributed by atoms with Gasteiger partial charge in [-0.3, -0.25) is 4.90 Å². The monoisotopic (exact) mass is 375 g/mol. The van der Waals surface area contributed by atoms with Gasteiger partial charge in [-0.2, -0.15) is 0 Å². The predicted octanol–water partition coefficient (Wildman–Crippen LogP) is 6.30. The van der Waals surface area contributed by atoms with Crippen molar-refractivity contribution in [3.8, 4) is 11.1 Å². The van der Waals surface area contributed by atoms with Crippen LogP contribution in [-0.2, 0) is 4.74 Å². The van der Waals surface area contributed by atoms with Crippen molar-refractivity contribution >= 4 is 11.7 Å². The molecule has 2 aromatic rings. The highest BCUT2D eigenvalue weighted by Gasteiger charge is 2.39. The molecule has 0 N–H and O–H groups in total. The van der Waals surface area contributed by atoms with E-state index in [-0.39, 0.29) is 18.2 Å². The van der Waals surface area contributed by atoms with Gasteiger partial charge in [-0.1, -0.05) is 60.7 Å². The first-order chi connectivity index (χ1) is 13.4. The fourth-order valence-corrected chi connectivity index (χ4v) is 4.46. The molecule has 1 amide bonds. The van der Waals surface area contributed by atoms with Gasteiger partial charge in [-0.25, -0.2) is 4.79 Å². The fraction of sp³-hybridized carbons (Fsp3) is 0.400. The quantitative estimate of drug-likeness (QED) is 0.616. The first kappa shape index (κ1) is 18.8. The Balaban J connectivity index is 1.68. The summed E-state index contributed by atoms with van der Waals surface area (Å²) < 4.78 is 5.71. The Morgan fingerprint density at radius 2 is 1.64 bits per heavy atom. The largest absolute Gasteiger partial charge is 0.444 e. The molecular formula is C25H29NO2. The number of piperidine rings is 1. The van der Waals surface area contributed by atoms with Crippen molar-refractivity contribution in [2.75, 3.05) is 0 Å². The van der Waals surface area contributed by atoms with Crippen LogP contribution in [-0.4, -0.2) is 28.7 Å². The molecule has 2 aliphatic rings. The Hall–Kier alpha value is -2.55. The van der Waals surface area contributed by atoms with Crippen LogP contribution in [0.15, 0.2) is 60.7 Å². The van der Waals surface area contributed by atoms with Gasteiger partial charge < -0.3 is 4.74 Å². The topological polar surface area (TPSA) is 29.5 Å². The standard InChI is InChI=1S/C25H29NO2/c1-25(2,3)28-24(27)26-20-12-9-13-21(26)17-19(16-20)23-15-8-7-14-22(23)18-10-5-4-6-11-18/h4-8,10-11,14-16,20-21H,9,12-13,17H2,1-3H3. The molecule has 2 atom stereocenters. The zero-order chi connectivity index (χ0) is 19.7. The molecule has 2 aromatic carbocycles. The van der Waals surface area contributed by atoms with Gasteiger partial charge in [0.15, 0.2) is 0 Å². The summed E-state index contributed by atoms with van der Waals surface area (Å²) in [5, 5.41) is 0. The Morgan fingerprint density at radius 1 is 0.964 bits per heavy atom. The average Bonchev–Trinajstić information content (AvgIpc) is 2.66. The van der Waals surface area contributed by atoms with E-state index < -0.39 is 5.60 Å². The van der Waals surface area contributed by atoms with Gasteiger partial charge in [-0.05, 0) is 68.7 Å². The van der Waals surface area contributed by atoms with Gasteiger partial charge in [0, 0.05) is 6.04 Å². The number of fused-ring (bicyclic) bond motifs is 2. The van der Waals surface area contributed by atoms with Crippen LogP contribution in [0.3, 0.4) is 0 Å². The lowest BCUT2D eigenvalue weighted by Crippen LogP contribution is -2.53. The second-order valence-corrected chi connectivity index (χ2v) is 8.85. The normalized spacial score (nSPS) is 21.8. The summed E-state index contributed by atoms with van der Waals surface area (Å²) >= 11 is 0. The van der Waals surface area contributed by atoms with Gasteiger partial charge in [0.1, 0.15) is 5.60 Å². The lowest BCUT2D eigenvalue weighted by Gasteiger charge is -2.45. The Labute approximate surface area is 168 Å². The lowest BCUT2D eigenvalue weighted by atomic mass is 9.81. The van der Waals surface area contributed by atoms with Crippen LogP contribution in [0, 0.1) is 0 Å². The Morgan fingerprint density at radius 3 is 2.32 bits per heavy atom. The summed E-state index contributed by atoms with van der Waals surface area (Å²) in [6.45, 7) is 5.80. The maximum atomic E-state index is 12.8. The minimum atomic E-state index is -0.463. The van der Waals surface area contributed by atoms with Crippen molar-refractivity contribution in [1.29, 1.82) is 0 Å². The molecule has 2 unspecified atom stereocenters. The third-order valence-corrected chi connectivity index (χ3v) is 5.60. The van der Waals surface area contributed by atoms with E-state index in [1.807, 2.05) is 25.7 Å². The molecule has 2 aliphatic heterocycles. The van der Waals surface area contributed by atoms with Crippen LogP contribution in [0.1, 0.15) is 52.0 Å². The molecule has 0 saturated carbocycles. The summed E-state index contributed by atoms with van der Waals surface area (Å²) in [5.74, 6) is 0. The van der Waals surface area contributed by atoms with Gasteiger partial charge in [0.05, 0.1) is 6.04 Å². The second-order valence-electron chi connectivity index (χ2n) is 8.85. The van der Waals surface area contributed by atoms with Crippen molar-refractivity contribution in [3.05, 3.63) is 66.2 Å². The minimum absolute atomic E-state index is 0.126. The van der Waals surface area contributed by atoms with Gasteiger partial charge in [0.25, 0.3) is 0 Å². The molecular weight excluding hydrogens is 346 g/mol. The molecule has 1 fully saturated rings. The smallest absolute Gasteiger partial charge is 0.411 e. The van der Waals surface area contributed by atoms with Crippen LogP contribution in [0.25, 0.3) is 16.7 Å². The van der Waals surface area contributed by atoms with E-state index >= 15 is 0 Å². The first-order valence-corrected chi connectivity index (χ1v) is 10.3. The summed E-state index contributed by atoms with van der Waals surface area (Å²) in [6, 6.07) is 19.5. The summed E-state index contributed by atoms with van der Waals surface area (Å²) in [7, 11) is 0. The van der Waals surface area contributed by atoms with E-state index in [4.69, 9.17) is 4.74 Å². The highest BCUT2D eigenvalue weighted by Crippen LogP contribution is 2.40. The van der Waals surface area contributed by atoms with E-state index in [1.54, 1.807) is 0 Å². The molecule has 2 bridgehead atoms. The third kappa shape index (κ3) is 3.84. The van der Waals surface area contributed by atoms with E-state index in [0.717, 1.165) is 19.3 Å². The van der Waals surface area contributed by atoms with Crippen LogP contribution in [0.2, 0.25) is 0 Å². The second kappa shape index (κ2) is 7.46. The molecule has 4 rings (SSSR count). The van der Waals surface area contributed by atoms with Gasteiger partial charge >= 0.3 is 6.09 Å². The number of benzene rings is 2. The van der Waals surface area contributed by atoms with E-state index in [1.165, 1.54) is 28.7 Å². The summed E-state index contributed by atoms with van der Waals surface area (Å²) in [6.07, 6.45) is 6.24. The number of hydrogen-bond acceptors (Lipinski definition) is 2. The maximum absolute atomic E-state index is 12.8. The Bertz CT molecular complexity index is 879. The van der Waals surface area contributed by atoms with E-state index in [9.17, 15) is 4.79 Å². The highest BCUT2D eigenvalue weighted by atomic mass is 16.6. The van der Waals surface area contributed by atoms with Crippen LogP contribution in [0.5, 0.6) is 0 Å². The highest BCUT2D eigenvalue weighted by molar-refractivity contribution is 5.83. The molecule has 3 heteroatoms.